The molecule has 0 spiro atoms. The molecular weight excluding hydrogens is 417 g/mol. The van der Waals surface area contributed by atoms with Crippen molar-refractivity contribution in [3.8, 4) is 5.88 Å². The molecule has 1 atom stereocenters. The Hall–Kier alpha value is -3.82. The minimum atomic E-state index is -0.827. The van der Waals surface area contributed by atoms with E-state index in [0.717, 1.165) is 6.20 Å². The van der Waals surface area contributed by atoms with Crippen LogP contribution in [0.25, 0.3) is 11.0 Å². The number of hydrogen-bond donors (Lipinski definition) is 2. The molecule has 10 heteroatoms. The van der Waals surface area contributed by atoms with E-state index in [2.05, 4.69) is 20.3 Å². The number of para-hydroxylation sites is 2. The summed E-state index contributed by atoms with van der Waals surface area (Å²) < 4.78 is 18.7. The number of rotatable bonds is 5. The van der Waals surface area contributed by atoms with Crippen LogP contribution in [-0.4, -0.2) is 56.9 Å². The molecular formula is C22H22FN5O4. The molecule has 1 saturated heterocycles. The largest absolute Gasteiger partial charge is 0.474 e. The zero-order valence-corrected chi connectivity index (χ0v) is 17.4. The predicted octanol–water partition coefficient (Wildman–Crippen LogP) is 1.65. The van der Waals surface area contributed by atoms with E-state index in [1.807, 2.05) is 0 Å². The van der Waals surface area contributed by atoms with Crippen molar-refractivity contribution in [1.29, 1.82) is 0 Å². The molecule has 1 fully saturated rings. The molecule has 2 N–H and O–H groups in total. The van der Waals surface area contributed by atoms with E-state index >= 15 is 0 Å². The first-order valence-corrected chi connectivity index (χ1v) is 10.3. The standard InChI is InChI=1S/C22H22FN5O4/c1-13(25-20(29)19-21(30)27-17-5-3-2-4-16(17)26-19)22(31)28-10-8-15(9-11-28)32-18-7-6-14(23)12-24-18/h2-7,12-13,15H,8-11H2,1H3,(H,25,29)(H,27,30)/t13-/m0/s1. The molecule has 166 valence electrons. The van der Waals surface area contributed by atoms with Crippen molar-refractivity contribution in [2.75, 3.05) is 13.1 Å². The van der Waals surface area contributed by atoms with E-state index in [-0.39, 0.29) is 17.7 Å². The molecule has 4 rings (SSSR count). The van der Waals surface area contributed by atoms with Crippen molar-refractivity contribution in [2.45, 2.75) is 31.9 Å². The van der Waals surface area contributed by atoms with Gasteiger partial charge in [-0.3, -0.25) is 14.4 Å². The summed E-state index contributed by atoms with van der Waals surface area (Å²) in [6, 6.07) is 8.80. The lowest BCUT2D eigenvalue weighted by Crippen LogP contribution is -2.51. The third-order valence-electron chi connectivity index (χ3n) is 5.27. The van der Waals surface area contributed by atoms with Gasteiger partial charge >= 0.3 is 0 Å². The molecule has 3 aromatic rings. The number of H-pyrrole nitrogens is 1. The highest BCUT2D eigenvalue weighted by molar-refractivity contribution is 5.96. The highest BCUT2D eigenvalue weighted by Crippen LogP contribution is 2.18. The number of aromatic nitrogens is 3. The van der Waals surface area contributed by atoms with Crippen LogP contribution in [0, 0.1) is 5.82 Å². The van der Waals surface area contributed by atoms with Crippen LogP contribution in [0.15, 0.2) is 47.4 Å². The van der Waals surface area contributed by atoms with Gasteiger partial charge in [-0.1, -0.05) is 12.1 Å². The van der Waals surface area contributed by atoms with Gasteiger partial charge in [-0.25, -0.2) is 14.4 Å². The van der Waals surface area contributed by atoms with Crippen molar-refractivity contribution in [2.24, 2.45) is 0 Å². The van der Waals surface area contributed by atoms with E-state index in [0.29, 0.717) is 42.8 Å². The Kier molecular flexibility index (Phi) is 6.11. The molecule has 3 heterocycles. The summed E-state index contributed by atoms with van der Waals surface area (Å²) in [7, 11) is 0. The third kappa shape index (κ3) is 4.74. The highest BCUT2D eigenvalue weighted by atomic mass is 19.1. The second-order valence-electron chi connectivity index (χ2n) is 7.58. The molecule has 0 bridgehead atoms. The summed E-state index contributed by atoms with van der Waals surface area (Å²) in [6.07, 6.45) is 2.12. The van der Waals surface area contributed by atoms with Crippen molar-refractivity contribution < 1.29 is 18.7 Å². The van der Waals surface area contributed by atoms with Gasteiger partial charge in [-0.15, -0.1) is 0 Å². The number of carbonyl (C=O) groups is 2. The van der Waals surface area contributed by atoms with Gasteiger partial charge in [0.2, 0.25) is 11.8 Å². The topological polar surface area (TPSA) is 117 Å². The summed E-state index contributed by atoms with van der Waals surface area (Å²) in [5, 5.41) is 2.57. The maximum Gasteiger partial charge on any atom is 0.280 e. The normalized spacial score (nSPS) is 15.4. The Morgan fingerprint density at radius 1 is 1.22 bits per heavy atom. The van der Waals surface area contributed by atoms with Gasteiger partial charge in [0.25, 0.3) is 11.5 Å². The quantitative estimate of drug-likeness (QED) is 0.624. The van der Waals surface area contributed by atoms with Gasteiger partial charge in [0.1, 0.15) is 18.0 Å². The summed E-state index contributed by atoms with van der Waals surface area (Å²) in [5.41, 5.74) is 0.100. The molecule has 0 unspecified atom stereocenters. The Morgan fingerprint density at radius 2 is 1.97 bits per heavy atom. The van der Waals surface area contributed by atoms with Crippen molar-refractivity contribution in [3.05, 3.63) is 64.5 Å². The van der Waals surface area contributed by atoms with Crippen LogP contribution in [0.2, 0.25) is 0 Å². The first kappa shape index (κ1) is 21.4. The van der Waals surface area contributed by atoms with Crippen molar-refractivity contribution >= 4 is 22.8 Å². The molecule has 1 aliphatic rings. The summed E-state index contributed by atoms with van der Waals surface area (Å²) in [6.45, 7) is 2.46. The van der Waals surface area contributed by atoms with Crippen molar-refractivity contribution in [3.63, 3.8) is 0 Å². The molecule has 0 radical (unpaired) electrons. The SMILES string of the molecule is C[C@H](NC(=O)c1nc2ccccc2[nH]c1=O)C(=O)N1CCC(Oc2ccc(F)cn2)CC1. The molecule has 32 heavy (non-hydrogen) atoms. The second kappa shape index (κ2) is 9.13. The number of halogens is 1. The number of ether oxygens (including phenoxy) is 1. The lowest BCUT2D eigenvalue weighted by Gasteiger charge is -2.33. The Morgan fingerprint density at radius 3 is 2.69 bits per heavy atom. The smallest absolute Gasteiger partial charge is 0.280 e. The Balaban J connectivity index is 1.33. The summed E-state index contributed by atoms with van der Waals surface area (Å²) in [4.78, 5) is 49.8. The van der Waals surface area contributed by atoms with Crippen LogP contribution in [-0.2, 0) is 4.79 Å². The number of nitrogens with one attached hydrogen (secondary N) is 2. The lowest BCUT2D eigenvalue weighted by molar-refractivity contribution is -0.134. The number of aromatic amines is 1. The van der Waals surface area contributed by atoms with E-state index < -0.39 is 23.3 Å². The number of amides is 2. The fourth-order valence-corrected chi connectivity index (χ4v) is 3.58. The number of carbonyl (C=O) groups excluding carboxylic acids is 2. The minimum absolute atomic E-state index is 0.137. The summed E-state index contributed by atoms with van der Waals surface area (Å²) in [5.74, 6) is -1.06. The van der Waals surface area contributed by atoms with E-state index in [1.165, 1.54) is 12.1 Å². The number of benzene rings is 1. The summed E-state index contributed by atoms with van der Waals surface area (Å²) >= 11 is 0. The average Bonchev–Trinajstić information content (AvgIpc) is 2.80. The van der Waals surface area contributed by atoms with E-state index in [9.17, 15) is 18.8 Å². The molecule has 0 saturated carbocycles. The van der Waals surface area contributed by atoms with Gasteiger partial charge in [-0.05, 0) is 25.1 Å². The van der Waals surface area contributed by atoms with Gasteiger partial charge in [0.15, 0.2) is 5.69 Å². The Bertz CT molecular complexity index is 1190. The monoisotopic (exact) mass is 439 g/mol. The predicted molar refractivity (Wildman–Crippen MR) is 114 cm³/mol. The number of likely N-dealkylation sites (tertiary alicyclic amines) is 1. The van der Waals surface area contributed by atoms with Crippen LogP contribution in [0.1, 0.15) is 30.3 Å². The number of pyridine rings is 1. The maximum absolute atomic E-state index is 13.0. The zero-order chi connectivity index (χ0) is 22.7. The number of nitrogens with zero attached hydrogens (tertiary/aromatic N) is 3. The van der Waals surface area contributed by atoms with Crippen LogP contribution >= 0.6 is 0 Å². The van der Waals surface area contributed by atoms with Gasteiger partial charge in [0, 0.05) is 32.0 Å². The lowest BCUT2D eigenvalue weighted by atomic mass is 10.1. The van der Waals surface area contributed by atoms with Crippen LogP contribution in [0.3, 0.4) is 0 Å². The first-order valence-electron chi connectivity index (χ1n) is 10.3. The van der Waals surface area contributed by atoms with Gasteiger partial charge < -0.3 is 19.9 Å². The molecule has 1 aliphatic heterocycles. The minimum Gasteiger partial charge on any atom is -0.474 e. The molecule has 2 aromatic heterocycles. The molecule has 2 amide bonds. The third-order valence-corrected chi connectivity index (χ3v) is 5.27. The number of piperidine rings is 1. The Labute approximate surface area is 182 Å². The highest BCUT2D eigenvalue weighted by Gasteiger charge is 2.28. The number of fused-ring (bicyclic) bond motifs is 1. The van der Waals surface area contributed by atoms with E-state index in [4.69, 9.17) is 4.74 Å². The maximum atomic E-state index is 13.0. The zero-order valence-electron chi connectivity index (χ0n) is 17.4. The van der Waals surface area contributed by atoms with E-state index in [1.54, 1.807) is 36.1 Å². The average molecular weight is 439 g/mol. The fourth-order valence-electron chi connectivity index (χ4n) is 3.58. The second-order valence-corrected chi connectivity index (χ2v) is 7.58. The van der Waals surface area contributed by atoms with Crippen LogP contribution in [0.5, 0.6) is 5.88 Å². The van der Waals surface area contributed by atoms with Crippen molar-refractivity contribution in [1.82, 2.24) is 25.2 Å². The molecule has 9 nitrogen and oxygen atoms in total. The first-order chi connectivity index (χ1) is 15.4. The van der Waals surface area contributed by atoms with Gasteiger partial charge in [0.05, 0.1) is 17.2 Å². The van der Waals surface area contributed by atoms with Crippen LogP contribution in [0.4, 0.5) is 4.39 Å². The molecule has 1 aromatic carbocycles. The van der Waals surface area contributed by atoms with Gasteiger partial charge in [-0.2, -0.15) is 0 Å². The number of hydrogen-bond acceptors (Lipinski definition) is 6. The fraction of sp³-hybridized carbons (Fsp3) is 0.318. The molecule has 0 aliphatic carbocycles. The van der Waals surface area contributed by atoms with Crippen LogP contribution < -0.4 is 15.6 Å².